The number of hydrogen-bond donors (Lipinski definition) is 0. The zero-order valence-electron chi connectivity index (χ0n) is 11.6. The van der Waals surface area contributed by atoms with E-state index in [9.17, 15) is 14.4 Å². The van der Waals surface area contributed by atoms with Gasteiger partial charge in [0.25, 0.3) is 0 Å². The van der Waals surface area contributed by atoms with Crippen molar-refractivity contribution < 1.29 is 28.6 Å². The van der Waals surface area contributed by atoms with Gasteiger partial charge >= 0.3 is 5.97 Å². The van der Waals surface area contributed by atoms with Crippen LogP contribution in [0.25, 0.3) is 6.08 Å². The predicted octanol–water partition coefficient (Wildman–Crippen LogP) is 1.03. The fourth-order valence-electron chi connectivity index (χ4n) is 1.95. The Labute approximate surface area is 121 Å². The summed E-state index contributed by atoms with van der Waals surface area (Å²) >= 11 is 0. The summed E-state index contributed by atoms with van der Waals surface area (Å²) in [6, 6.07) is 5.09. The van der Waals surface area contributed by atoms with E-state index in [0.717, 1.165) is 0 Å². The second-order valence-corrected chi connectivity index (χ2v) is 4.36. The number of esters is 1. The second kappa shape index (κ2) is 6.21. The number of hydrogen-bond acceptors (Lipinski definition) is 6. The number of Topliss-reactive ketones (excluding diaryl/α,β-unsaturated/α-hetero) is 1. The van der Waals surface area contributed by atoms with Crippen LogP contribution in [0.15, 0.2) is 24.3 Å². The minimum Gasteiger partial charge on any atom is -0.493 e. The molecule has 0 aromatic heterocycles. The molecular formula is C15H14O6. The van der Waals surface area contributed by atoms with Gasteiger partial charge in [-0.25, -0.2) is 0 Å². The topological polar surface area (TPSA) is 78.9 Å². The molecule has 6 heteroatoms. The van der Waals surface area contributed by atoms with Crippen molar-refractivity contribution in [2.75, 3.05) is 20.8 Å². The third-order valence-electron chi connectivity index (χ3n) is 3.05. The van der Waals surface area contributed by atoms with Crippen LogP contribution < -0.4 is 9.47 Å². The van der Waals surface area contributed by atoms with Crippen molar-refractivity contribution in [1.29, 1.82) is 0 Å². The number of ether oxygens (including phenoxy) is 3. The van der Waals surface area contributed by atoms with Crippen molar-refractivity contribution in [1.82, 2.24) is 0 Å². The van der Waals surface area contributed by atoms with Crippen LogP contribution in [0.3, 0.4) is 0 Å². The summed E-state index contributed by atoms with van der Waals surface area (Å²) in [4.78, 5) is 34.5. The Hall–Kier alpha value is -2.63. The van der Waals surface area contributed by atoms with Crippen LogP contribution in [0.2, 0.25) is 0 Å². The molecule has 0 unspecified atom stereocenters. The number of carbonyl (C=O) groups excluding carboxylic acids is 3. The average Bonchev–Trinajstić information content (AvgIpc) is 2.83. The normalized spacial score (nSPS) is 17.9. The maximum Gasteiger partial charge on any atom is 0.325 e. The first-order chi connectivity index (χ1) is 10.1. The number of methoxy groups -OCH3 is 2. The van der Waals surface area contributed by atoms with Crippen LogP contribution in [-0.4, -0.2) is 38.4 Å². The molecule has 1 aliphatic rings. The molecular weight excluding hydrogens is 276 g/mol. The molecule has 1 aromatic carbocycles. The molecule has 0 radical (unpaired) electrons. The van der Waals surface area contributed by atoms with Gasteiger partial charge in [-0.3, -0.25) is 14.4 Å². The van der Waals surface area contributed by atoms with E-state index in [1.807, 2.05) is 0 Å². The molecule has 1 fully saturated rings. The molecule has 21 heavy (non-hydrogen) atoms. The van der Waals surface area contributed by atoms with E-state index in [1.54, 1.807) is 18.2 Å². The molecule has 6 nitrogen and oxygen atoms in total. The molecule has 110 valence electrons. The molecule has 1 saturated heterocycles. The molecule has 0 bridgehead atoms. The molecule has 1 aromatic rings. The lowest BCUT2D eigenvalue weighted by molar-refractivity contribution is -0.143. The molecule has 0 N–H and O–H groups in total. The van der Waals surface area contributed by atoms with Gasteiger partial charge in [0.1, 0.15) is 0 Å². The number of benzene rings is 1. The Morgan fingerprint density at radius 1 is 1.24 bits per heavy atom. The van der Waals surface area contributed by atoms with Crippen LogP contribution in [0.1, 0.15) is 5.56 Å². The molecule has 0 amide bonds. The number of ketones is 2. The smallest absolute Gasteiger partial charge is 0.325 e. The molecule has 0 saturated carbocycles. The maximum absolute atomic E-state index is 11.9. The molecule has 1 atom stereocenters. The molecule has 1 aliphatic heterocycles. The zero-order chi connectivity index (χ0) is 15.4. The first-order valence-electron chi connectivity index (χ1n) is 6.20. The Bertz CT molecular complexity index is 601. The van der Waals surface area contributed by atoms with Gasteiger partial charge in [-0.1, -0.05) is 12.1 Å². The maximum atomic E-state index is 11.9. The van der Waals surface area contributed by atoms with Gasteiger partial charge in [0.15, 0.2) is 35.6 Å². The summed E-state index contributed by atoms with van der Waals surface area (Å²) in [7, 11) is 3.03. The van der Waals surface area contributed by atoms with Gasteiger partial charge in [-0.2, -0.15) is 0 Å². The zero-order valence-corrected chi connectivity index (χ0v) is 11.6. The number of rotatable bonds is 5. The predicted molar refractivity (Wildman–Crippen MR) is 73.0 cm³/mol. The van der Waals surface area contributed by atoms with Gasteiger partial charge in [0, 0.05) is 0 Å². The van der Waals surface area contributed by atoms with E-state index in [0.29, 0.717) is 17.1 Å². The highest BCUT2D eigenvalue weighted by Crippen LogP contribution is 2.28. The summed E-state index contributed by atoms with van der Waals surface area (Å²) in [5.74, 6) is -2.14. The van der Waals surface area contributed by atoms with Gasteiger partial charge in [-0.15, -0.1) is 0 Å². The highest BCUT2D eigenvalue weighted by molar-refractivity contribution is 6.24. The average molecular weight is 290 g/mol. The third-order valence-corrected chi connectivity index (χ3v) is 3.05. The van der Waals surface area contributed by atoms with E-state index in [2.05, 4.69) is 4.74 Å². The number of carbonyl (C=O) groups is 3. The first kappa shape index (κ1) is 14.8. The Balaban J connectivity index is 2.15. The van der Waals surface area contributed by atoms with Crippen LogP contribution in [0.5, 0.6) is 11.5 Å². The van der Waals surface area contributed by atoms with E-state index >= 15 is 0 Å². The number of cyclic esters (lactones) is 1. The third kappa shape index (κ3) is 3.10. The van der Waals surface area contributed by atoms with E-state index in [4.69, 9.17) is 9.47 Å². The monoisotopic (exact) mass is 290 g/mol. The lowest BCUT2D eigenvalue weighted by Crippen LogP contribution is -2.23. The standard InChI is InChI=1S/C15H14O6/c1-19-12-6-4-9(7-13(12)20-2)3-5-10(16)14-11(17)8-21-15(14)18/h3-7,14H,8H2,1-2H3/b5-3+/t14-/m0/s1. The minimum absolute atomic E-state index is 0.334. The van der Waals surface area contributed by atoms with E-state index in [-0.39, 0.29) is 6.61 Å². The van der Waals surface area contributed by atoms with Crippen molar-refractivity contribution in [3.63, 3.8) is 0 Å². The molecule has 1 heterocycles. The lowest BCUT2D eigenvalue weighted by atomic mass is 10.0. The van der Waals surface area contributed by atoms with Crippen molar-refractivity contribution in [3.8, 4) is 11.5 Å². The largest absolute Gasteiger partial charge is 0.493 e. The van der Waals surface area contributed by atoms with Crippen LogP contribution >= 0.6 is 0 Å². The molecule has 0 spiro atoms. The fourth-order valence-corrected chi connectivity index (χ4v) is 1.95. The summed E-state index contributed by atoms with van der Waals surface area (Å²) in [5, 5.41) is 0. The Kier molecular flexibility index (Phi) is 4.37. The first-order valence-corrected chi connectivity index (χ1v) is 6.20. The summed E-state index contributed by atoms with van der Waals surface area (Å²) in [6.45, 7) is -0.334. The second-order valence-electron chi connectivity index (χ2n) is 4.36. The van der Waals surface area contributed by atoms with Crippen LogP contribution in [0.4, 0.5) is 0 Å². The highest BCUT2D eigenvalue weighted by atomic mass is 16.5. The van der Waals surface area contributed by atoms with Crippen LogP contribution in [0, 0.1) is 5.92 Å². The van der Waals surface area contributed by atoms with Crippen molar-refractivity contribution in [2.45, 2.75) is 0 Å². The van der Waals surface area contributed by atoms with Gasteiger partial charge < -0.3 is 14.2 Å². The SMILES string of the molecule is COc1ccc(/C=C/C(=O)[C@H]2C(=O)COC2=O)cc1OC. The van der Waals surface area contributed by atoms with Crippen molar-refractivity contribution in [2.24, 2.45) is 5.92 Å². The van der Waals surface area contributed by atoms with Crippen LogP contribution in [-0.2, 0) is 19.1 Å². The molecule has 0 aliphatic carbocycles. The molecule has 2 rings (SSSR count). The Morgan fingerprint density at radius 2 is 1.95 bits per heavy atom. The Morgan fingerprint density at radius 3 is 2.52 bits per heavy atom. The summed E-state index contributed by atoms with van der Waals surface area (Å²) in [6.07, 6.45) is 2.69. The van der Waals surface area contributed by atoms with Crippen molar-refractivity contribution >= 4 is 23.6 Å². The van der Waals surface area contributed by atoms with Crippen molar-refractivity contribution in [3.05, 3.63) is 29.8 Å². The minimum atomic E-state index is -1.33. The number of allylic oxidation sites excluding steroid dienone is 1. The van der Waals surface area contributed by atoms with Gasteiger partial charge in [0.05, 0.1) is 14.2 Å². The fraction of sp³-hybridized carbons (Fsp3) is 0.267. The summed E-state index contributed by atoms with van der Waals surface area (Å²) in [5.41, 5.74) is 0.680. The summed E-state index contributed by atoms with van der Waals surface area (Å²) < 4.78 is 14.8. The van der Waals surface area contributed by atoms with E-state index < -0.39 is 23.5 Å². The highest BCUT2D eigenvalue weighted by Gasteiger charge is 2.39. The lowest BCUT2D eigenvalue weighted by Gasteiger charge is -2.07. The quantitative estimate of drug-likeness (QED) is 0.458. The van der Waals surface area contributed by atoms with E-state index in [1.165, 1.54) is 26.4 Å². The van der Waals surface area contributed by atoms with Gasteiger partial charge in [0.2, 0.25) is 0 Å². The van der Waals surface area contributed by atoms with Gasteiger partial charge in [-0.05, 0) is 23.8 Å².